The minimum Gasteiger partial charge on any atom is -0.343 e. The normalized spacial score (nSPS) is 23.4. The van der Waals surface area contributed by atoms with Crippen molar-refractivity contribution in [2.75, 3.05) is 19.6 Å². The Kier molecular flexibility index (Phi) is 5.21. The highest BCUT2D eigenvalue weighted by molar-refractivity contribution is 6.01. The molecular formula is C24H30N4O2. The number of likely N-dealkylation sites (tertiary alicyclic amines) is 1. The largest absolute Gasteiger partial charge is 0.343 e. The van der Waals surface area contributed by atoms with Gasteiger partial charge in [0.05, 0.1) is 6.42 Å². The predicted octanol–water partition coefficient (Wildman–Crippen LogP) is 2.23. The lowest BCUT2D eigenvalue weighted by atomic mass is 9.91. The van der Waals surface area contributed by atoms with Crippen LogP contribution in [-0.2, 0) is 24.2 Å². The quantitative estimate of drug-likeness (QED) is 0.817. The minimum absolute atomic E-state index is 0.154. The zero-order valence-corrected chi connectivity index (χ0v) is 17.6. The van der Waals surface area contributed by atoms with Crippen molar-refractivity contribution in [2.45, 2.75) is 51.6 Å². The second-order valence-electron chi connectivity index (χ2n) is 8.93. The number of hydrogen-bond donors (Lipinski definition) is 2. The van der Waals surface area contributed by atoms with Gasteiger partial charge in [0.25, 0.3) is 0 Å². The molecule has 2 N–H and O–H groups in total. The molecule has 0 spiro atoms. The lowest BCUT2D eigenvalue weighted by Gasteiger charge is -2.34. The number of piperidine rings is 1. The number of hydrazine groups is 1. The molecular weight excluding hydrogens is 376 g/mol. The summed E-state index contributed by atoms with van der Waals surface area (Å²) < 4.78 is 2.28. The van der Waals surface area contributed by atoms with Gasteiger partial charge in [0.1, 0.15) is 0 Å². The monoisotopic (exact) mass is 406 g/mol. The third-order valence-corrected chi connectivity index (χ3v) is 7.10. The summed E-state index contributed by atoms with van der Waals surface area (Å²) >= 11 is 0. The number of aromatic nitrogens is 1. The zero-order valence-electron chi connectivity index (χ0n) is 17.6. The Hall–Kier alpha value is -2.44. The van der Waals surface area contributed by atoms with Crippen LogP contribution in [0.5, 0.6) is 0 Å². The molecule has 6 nitrogen and oxygen atoms in total. The second kappa shape index (κ2) is 8.00. The van der Waals surface area contributed by atoms with Crippen LogP contribution in [0.15, 0.2) is 30.3 Å². The number of nitrogens with one attached hydrogen (secondary N) is 2. The van der Waals surface area contributed by atoms with E-state index >= 15 is 0 Å². The average Bonchev–Trinajstić information content (AvgIpc) is 3.33. The Bertz CT molecular complexity index is 965. The third kappa shape index (κ3) is 3.48. The number of carbonyl (C=O) groups is 2. The highest BCUT2D eigenvalue weighted by Gasteiger charge is 2.35. The van der Waals surface area contributed by atoms with Gasteiger partial charge in [0.15, 0.2) is 5.78 Å². The lowest BCUT2D eigenvalue weighted by molar-refractivity contribution is -0.132. The SMILES string of the molecule is Cc1c(CC(=O)N2CCC3NNCC3C2)c2c(n1Cc1ccccc1)CCCC2=O. The van der Waals surface area contributed by atoms with E-state index in [9.17, 15) is 9.59 Å². The van der Waals surface area contributed by atoms with Crippen molar-refractivity contribution < 1.29 is 9.59 Å². The molecule has 2 atom stereocenters. The minimum atomic E-state index is 0.154. The molecule has 3 aliphatic rings. The zero-order chi connectivity index (χ0) is 20.7. The van der Waals surface area contributed by atoms with Crippen LogP contribution in [0, 0.1) is 12.8 Å². The van der Waals surface area contributed by atoms with E-state index in [1.165, 1.54) is 5.56 Å². The fourth-order valence-electron chi connectivity index (χ4n) is 5.42. The maximum Gasteiger partial charge on any atom is 0.227 e. The molecule has 2 saturated heterocycles. The number of carbonyl (C=O) groups excluding carboxylic acids is 2. The molecule has 1 aliphatic carbocycles. The summed E-state index contributed by atoms with van der Waals surface area (Å²) in [5.74, 6) is 0.834. The van der Waals surface area contributed by atoms with Gasteiger partial charge < -0.3 is 9.47 Å². The van der Waals surface area contributed by atoms with Gasteiger partial charge >= 0.3 is 0 Å². The van der Waals surface area contributed by atoms with Crippen molar-refractivity contribution in [3.05, 3.63) is 58.4 Å². The fourth-order valence-corrected chi connectivity index (χ4v) is 5.42. The van der Waals surface area contributed by atoms with Gasteiger partial charge in [-0.3, -0.25) is 20.4 Å². The molecule has 2 aromatic rings. The molecule has 30 heavy (non-hydrogen) atoms. The van der Waals surface area contributed by atoms with Crippen LogP contribution >= 0.6 is 0 Å². The molecule has 2 fully saturated rings. The molecule has 1 aromatic carbocycles. The molecule has 0 bridgehead atoms. The average molecular weight is 407 g/mol. The fraction of sp³-hybridized carbons (Fsp3) is 0.500. The van der Waals surface area contributed by atoms with Crippen molar-refractivity contribution in [3.63, 3.8) is 0 Å². The van der Waals surface area contributed by atoms with Gasteiger partial charge in [-0.1, -0.05) is 30.3 Å². The lowest BCUT2D eigenvalue weighted by Crippen LogP contribution is -2.48. The van der Waals surface area contributed by atoms with Gasteiger partial charge in [-0.25, -0.2) is 0 Å². The smallest absolute Gasteiger partial charge is 0.227 e. The summed E-state index contributed by atoms with van der Waals surface area (Å²) in [6, 6.07) is 10.8. The summed E-state index contributed by atoms with van der Waals surface area (Å²) in [6.07, 6.45) is 3.71. The maximum absolute atomic E-state index is 13.2. The van der Waals surface area contributed by atoms with Crippen LogP contribution < -0.4 is 10.9 Å². The second-order valence-corrected chi connectivity index (χ2v) is 8.93. The first-order valence-electron chi connectivity index (χ1n) is 11.2. The Labute approximate surface area is 177 Å². The van der Waals surface area contributed by atoms with E-state index in [1.54, 1.807) is 0 Å². The standard InChI is InChI=1S/C24H30N4O2/c1-16-19(12-23(30)27-11-10-20-18(15-27)13-25-26-20)24-21(8-5-9-22(24)29)28(16)14-17-6-3-2-4-7-17/h2-4,6-7,18,20,25-26H,5,8-15H2,1H3. The number of ketones is 1. The molecule has 1 aromatic heterocycles. The van der Waals surface area contributed by atoms with Crippen LogP contribution in [-0.4, -0.2) is 46.8 Å². The van der Waals surface area contributed by atoms with Crippen LogP contribution in [0.3, 0.4) is 0 Å². The Morgan fingerprint density at radius 2 is 2.03 bits per heavy atom. The van der Waals surface area contributed by atoms with Crippen molar-refractivity contribution in [2.24, 2.45) is 5.92 Å². The van der Waals surface area contributed by atoms with Crippen LogP contribution in [0.1, 0.15) is 52.1 Å². The number of benzene rings is 1. The van der Waals surface area contributed by atoms with Gasteiger partial charge in [-0.05, 0) is 37.3 Å². The third-order valence-electron chi connectivity index (χ3n) is 7.10. The Balaban J connectivity index is 1.43. The number of fused-ring (bicyclic) bond motifs is 2. The first-order valence-corrected chi connectivity index (χ1v) is 11.2. The summed E-state index contributed by atoms with van der Waals surface area (Å²) in [6.45, 7) is 5.32. The number of hydrogen-bond acceptors (Lipinski definition) is 4. The molecule has 5 rings (SSSR count). The van der Waals surface area contributed by atoms with Crippen molar-refractivity contribution in [1.29, 1.82) is 0 Å². The van der Waals surface area contributed by atoms with E-state index in [-0.39, 0.29) is 11.7 Å². The molecule has 3 heterocycles. The number of Topliss-reactive ketones (excluding diaryl/α,β-unsaturated/α-hetero) is 1. The first-order chi connectivity index (χ1) is 14.6. The molecule has 0 radical (unpaired) electrons. The highest BCUT2D eigenvalue weighted by atomic mass is 16.2. The number of rotatable bonds is 4. The van der Waals surface area contributed by atoms with Gasteiger partial charge in [0.2, 0.25) is 5.91 Å². The first kappa shape index (κ1) is 19.5. The maximum atomic E-state index is 13.2. The molecule has 2 unspecified atom stereocenters. The predicted molar refractivity (Wildman–Crippen MR) is 115 cm³/mol. The molecule has 1 amide bonds. The van der Waals surface area contributed by atoms with E-state index in [1.807, 2.05) is 23.1 Å². The molecule has 158 valence electrons. The Morgan fingerprint density at radius 3 is 2.87 bits per heavy atom. The van der Waals surface area contributed by atoms with E-state index in [4.69, 9.17) is 0 Å². The summed E-state index contributed by atoms with van der Waals surface area (Å²) in [4.78, 5) is 28.1. The van der Waals surface area contributed by atoms with Gasteiger partial charge in [0, 0.05) is 61.5 Å². The molecule has 0 saturated carbocycles. The van der Waals surface area contributed by atoms with Gasteiger partial charge in [-0.2, -0.15) is 0 Å². The van der Waals surface area contributed by atoms with Gasteiger partial charge in [-0.15, -0.1) is 0 Å². The topological polar surface area (TPSA) is 66.4 Å². The van der Waals surface area contributed by atoms with E-state index in [0.717, 1.165) is 68.0 Å². The summed E-state index contributed by atoms with van der Waals surface area (Å²) in [5, 5.41) is 0. The van der Waals surface area contributed by atoms with Crippen LogP contribution in [0.2, 0.25) is 0 Å². The molecule has 6 heteroatoms. The Morgan fingerprint density at radius 1 is 1.20 bits per heavy atom. The van der Waals surface area contributed by atoms with E-state index in [0.29, 0.717) is 24.8 Å². The van der Waals surface area contributed by atoms with E-state index in [2.05, 4.69) is 34.5 Å². The van der Waals surface area contributed by atoms with Crippen molar-refractivity contribution >= 4 is 11.7 Å². The van der Waals surface area contributed by atoms with Crippen molar-refractivity contribution in [1.82, 2.24) is 20.3 Å². The highest BCUT2D eigenvalue weighted by Crippen LogP contribution is 2.32. The number of nitrogens with zero attached hydrogens (tertiary/aromatic N) is 2. The van der Waals surface area contributed by atoms with Crippen LogP contribution in [0.4, 0.5) is 0 Å². The van der Waals surface area contributed by atoms with Crippen molar-refractivity contribution in [3.8, 4) is 0 Å². The molecule has 2 aliphatic heterocycles. The summed E-state index contributed by atoms with van der Waals surface area (Å²) in [7, 11) is 0. The number of amides is 1. The van der Waals surface area contributed by atoms with E-state index < -0.39 is 0 Å². The van der Waals surface area contributed by atoms with Crippen LogP contribution in [0.25, 0.3) is 0 Å². The summed E-state index contributed by atoms with van der Waals surface area (Å²) in [5.41, 5.74) is 11.7.